The Morgan fingerprint density at radius 1 is 1.27 bits per heavy atom. The smallest absolute Gasteiger partial charge is 0.419 e. The first kappa shape index (κ1) is 16.5. The Kier molecular flexibility index (Phi) is 4.60. The number of fused-ring (bicyclic) bond motifs is 1. The summed E-state index contributed by atoms with van der Waals surface area (Å²) in [5.41, 5.74) is 0.385. The van der Waals surface area contributed by atoms with Crippen molar-refractivity contribution in [1.82, 2.24) is 4.57 Å². The maximum absolute atomic E-state index is 12.3. The third-order valence-electron chi connectivity index (χ3n) is 2.86. The Hall–Kier alpha value is -1.82. The molecule has 0 radical (unpaired) electrons. The van der Waals surface area contributed by atoms with Gasteiger partial charge in [-0.2, -0.15) is 0 Å². The minimum atomic E-state index is -0.598. The van der Waals surface area contributed by atoms with Crippen molar-refractivity contribution in [3.63, 3.8) is 0 Å². The molecule has 0 atom stereocenters. The van der Waals surface area contributed by atoms with Crippen LogP contribution < -0.4 is 0 Å². The molecule has 1 aromatic heterocycles. The molecule has 22 heavy (non-hydrogen) atoms. The fourth-order valence-electron chi connectivity index (χ4n) is 1.99. The van der Waals surface area contributed by atoms with Gasteiger partial charge in [0.25, 0.3) is 0 Å². The van der Waals surface area contributed by atoms with E-state index < -0.39 is 17.7 Å². The van der Waals surface area contributed by atoms with Crippen LogP contribution in [-0.2, 0) is 9.47 Å². The summed E-state index contributed by atoms with van der Waals surface area (Å²) in [4.78, 5) is 24.1. The first-order chi connectivity index (χ1) is 10.2. The number of halogens is 1. The Bertz CT molecular complexity index is 728. The van der Waals surface area contributed by atoms with E-state index in [0.29, 0.717) is 17.7 Å². The molecule has 0 aliphatic heterocycles. The van der Waals surface area contributed by atoms with Crippen LogP contribution in [0.4, 0.5) is 4.79 Å². The average molecular weight is 368 g/mol. The Balaban J connectivity index is 2.48. The highest BCUT2D eigenvalue weighted by molar-refractivity contribution is 9.10. The minimum absolute atomic E-state index is 0.299. The summed E-state index contributed by atoms with van der Waals surface area (Å²) >= 11 is 3.41. The van der Waals surface area contributed by atoms with Gasteiger partial charge in [0.2, 0.25) is 0 Å². The van der Waals surface area contributed by atoms with Crippen LogP contribution in [0.5, 0.6) is 0 Å². The fraction of sp³-hybridized carbons (Fsp3) is 0.375. The molecule has 0 unspecified atom stereocenters. The second-order valence-corrected chi connectivity index (χ2v) is 6.63. The number of rotatable bonds is 2. The van der Waals surface area contributed by atoms with Crippen LogP contribution in [0, 0.1) is 0 Å². The van der Waals surface area contributed by atoms with E-state index in [4.69, 9.17) is 9.47 Å². The number of aromatic nitrogens is 1. The predicted molar refractivity (Wildman–Crippen MR) is 87.2 cm³/mol. The zero-order valence-electron chi connectivity index (χ0n) is 13.0. The Labute approximate surface area is 137 Å². The number of carbonyl (C=O) groups excluding carboxylic acids is 2. The second kappa shape index (κ2) is 6.12. The van der Waals surface area contributed by atoms with E-state index in [9.17, 15) is 9.59 Å². The molecular weight excluding hydrogens is 350 g/mol. The van der Waals surface area contributed by atoms with Crippen LogP contribution in [0.25, 0.3) is 10.9 Å². The number of benzene rings is 1. The van der Waals surface area contributed by atoms with Gasteiger partial charge in [0.1, 0.15) is 5.60 Å². The van der Waals surface area contributed by atoms with Gasteiger partial charge in [-0.1, -0.05) is 6.07 Å². The SMILES string of the molecule is CCOC(=O)c1ccc2c(Br)cn(C(=O)OC(C)(C)C)c2c1. The van der Waals surface area contributed by atoms with Gasteiger partial charge in [-0.25, -0.2) is 9.59 Å². The molecule has 118 valence electrons. The highest BCUT2D eigenvalue weighted by Crippen LogP contribution is 2.28. The zero-order chi connectivity index (χ0) is 16.5. The van der Waals surface area contributed by atoms with Crippen molar-refractivity contribution in [2.24, 2.45) is 0 Å². The summed E-state index contributed by atoms with van der Waals surface area (Å²) in [5, 5.41) is 0.818. The van der Waals surface area contributed by atoms with Gasteiger partial charge >= 0.3 is 12.1 Å². The summed E-state index contributed by atoms with van der Waals surface area (Å²) in [6, 6.07) is 5.07. The third-order valence-corrected chi connectivity index (χ3v) is 3.49. The topological polar surface area (TPSA) is 57.5 Å². The first-order valence-electron chi connectivity index (χ1n) is 6.94. The fourth-order valence-corrected chi connectivity index (χ4v) is 2.53. The summed E-state index contributed by atoms with van der Waals surface area (Å²) in [6.07, 6.45) is 1.14. The van der Waals surface area contributed by atoms with Crippen molar-refractivity contribution in [3.8, 4) is 0 Å². The van der Waals surface area contributed by atoms with Crippen molar-refractivity contribution < 1.29 is 19.1 Å². The lowest BCUT2D eigenvalue weighted by atomic mass is 10.1. The van der Waals surface area contributed by atoms with Crippen LogP contribution in [0.1, 0.15) is 38.1 Å². The molecule has 6 heteroatoms. The average Bonchev–Trinajstić information content (AvgIpc) is 2.74. The normalized spacial score (nSPS) is 11.5. The van der Waals surface area contributed by atoms with E-state index in [-0.39, 0.29) is 0 Å². The number of hydrogen-bond acceptors (Lipinski definition) is 4. The van der Waals surface area contributed by atoms with Crippen molar-refractivity contribution >= 4 is 38.9 Å². The lowest BCUT2D eigenvalue weighted by Crippen LogP contribution is -2.26. The molecule has 1 aromatic carbocycles. The number of ether oxygens (including phenoxy) is 2. The third kappa shape index (κ3) is 3.50. The van der Waals surface area contributed by atoms with E-state index in [2.05, 4.69) is 15.9 Å². The lowest BCUT2D eigenvalue weighted by Gasteiger charge is -2.19. The molecule has 0 amide bonds. The van der Waals surface area contributed by atoms with Crippen molar-refractivity contribution in [2.45, 2.75) is 33.3 Å². The number of carbonyl (C=O) groups is 2. The largest absolute Gasteiger partial charge is 0.462 e. The number of nitrogens with zero attached hydrogens (tertiary/aromatic N) is 1. The Morgan fingerprint density at radius 2 is 1.95 bits per heavy atom. The standard InChI is InChI=1S/C16H18BrNO4/c1-5-21-14(19)10-6-7-11-12(17)9-18(13(11)8-10)15(20)22-16(2,3)4/h6-9H,5H2,1-4H3. The van der Waals surface area contributed by atoms with Crippen molar-refractivity contribution in [1.29, 1.82) is 0 Å². The van der Waals surface area contributed by atoms with Gasteiger partial charge in [0.05, 0.1) is 17.7 Å². The molecule has 0 fully saturated rings. The quantitative estimate of drug-likeness (QED) is 0.739. The van der Waals surface area contributed by atoms with Crippen LogP contribution in [-0.4, -0.2) is 28.8 Å². The summed E-state index contributed by atoms with van der Waals surface area (Å²) in [6.45, 7) is 7.45. The lowest BCUT2D eigenvalue weighted by molar-refractivity contribution is 0.0518. The Morgan fingerprint density at radius 3 is 2.55 bits per heavy atom. The van der Waals surface area contributed by atoms with E-state index in [0.717, 1.165) is 9.86 Å². The molecule has 2 rings (SSSR count). The minimum Gasteiger partial charge on any atom is -0.462 e. The molecule has 5 nitrogen and oxygen atoms in total. The highest BCUT2D eigenvalue weighted by atomic mass is 79.9. The molecule has 2 aromatic rings. The van der Waals surface area contributed by atoms with E-state index in [1.165, 1.54) is 4.57 Å². The maximum Gasteiger partial charge on any atom is 0.419 e. The van der Waals surface area contributed by atoms with Crippen molar-refractivity contribution in [2.75, 3.05) is 6.61 Å². The van der Waals surface area contributed by atoms with E-state index >= 15 is 0 Å². The van der Waals surface area contributed by atoms with Gasteiger partial charge < -0.3 is 9.47 Å². The summed E-state index contributed by atoms with van der Waals surface area (Å²) in [7, 11) is 0. The van der Waals surface area contributed by atoms with Crippen LogP contribution in [0.3, 0.4) is 0 Å². The van der Waals surface area contributed by atoms with Gasteiger partial charge in [0, 0.05) is 16.1 Å². The van der Waals surface area contributed by atoms with E-state index in [1.54, 1.807) is 52.1 Å². The highest BCUT2D eigenvalue weighted by Gasteiger charge is 2.21. The van der Waals surface area contributed by atoms with E-state index in [1.807, 2.05) is 0 Å². The molecule has 0 spiro atoms. The molecule has 0 saturated carbocycles. The van der Waals surface area contributed by atoms with Crippen molar-refractivity contribution in [3.05, 3.63) is 34.4 Å². The molecule has 0 N–H and O–H groups in total. The summed E-state index contributed by atoms with van der Waals surface area (Å²) in [5.74, 6) is -0.419. The van der Waals surface area contributed by atoms with Crippen LogP contribution in [0.2, 0.25) is 0 Å². The number of esters is 1. The molecular formula is C16H18BrNO4. The molecule has 0 saturated heterocycles. The summed E-state index contributed by atoms with van der Waals surface area (Å²) < 4.78 is 12.5. The van der Waals surface area contributed by atoms with Crippen LogP contribution >= 0.6 is 15.9 Å². The first-order valence-corrected chi connectivity index (χ1v) is 7.73. The van der Waals surface area contributed by atoms with Gasteiger partial charge in [-0.15, -0.1) is 0 Å². The predicted octanol–water partition coefficient (Wildman–Crippen LogP) is 4.36. The monoisotopic (exact) mass is 367 g/mol. The molecule has 0 aliphatic rings. The zero-order valence-corrected chi connectivity index (χ0v) is 14.6. The molecule has 1 heterocycles. The number of hydrogen-bond donors (Lipinski definition) is 0. The van der Waals surface area contributed by atoms with Gasteiger partial charge in [0.15, 0.2) is 0 Å². The van der Waals surface area contributed by atoms with Crippen LogP contribution in [0.15, 0.2) is 28.9 Å². The molecule has 0 bridgehead atoms. The maximum atomic E-state index is 12.3. The van der Waals surface area contributed by atoms with Gasteiger partial charge in [-0.3, -0.25) is 4.57 Å². The second-order valence-electron chi connectivity index (χ2n) is 5.78. The van der Waals surface area contributed by atoms with Gasteiger partial charge in [-0.05, 0) is 55.8 Å². The molecule has 0 aliphatic carbocycles.